The standard InChI is InChI=1S/C43H27NO2/c1-3-14-28(15-4-1)44(29-16-5-2-6-17-29)36-22-13-25-39-41(36)31-26-27-35-40(42(31)46-39)30-18-7-8-19-32(30)43(35)33-20-9-11-23-37(33)45-38-24-12-10-21-34(38)43/h1-27H. The molecule has 0 unspecified atom stereocenters. The quantitative estimate of drug-likeness (QED) is 0.205. The Hall–Kier alpha value is -6.06. The van der Waals surface area contributed by atoms with E-state index in [1.165, 1.54) is 16.7 Å². The van der Waals surface area contributed by atoms with Crippen molar-refractivity contribution in [2.45, 2.75) is 5.41 Å². The van der Waals surface area contributed by atoms with Crippen molar-refractivity contribution in [2.75, 3.05) is 4.90 Å². The number of anilines is 3. The molecule has 0 radical (unpaired) electrons. The largest absolute Gasteiger partial charge is 0.457 e. The van der Waals surface area contributed by atoms with Crippen LogP contribution in [-0.4, -0.2) is 0 Å². The first-order valence-corrected chi connectivity index (χ1v) is 15.7. The number of nitrogens with zero attached hydrogens (tertiary/aromatic N) is 1. The normalized spacial score (nSPS) is 13.6. The summed E-state index contributed by atoms with van der Waals surface area (Å²) in [5.74, 6) is 1.77. The van der Waals surface area contributed by atoms with E-state index < -0.39 is 5.41 Å². The fraction of sp³-hybridized carbons (Fsp3) is 0.0233. The Labute approximate surface area is 266 Å². The van der Waals surface area contributed by atoms with Crippen LogP contribution in [0.15, 0.2) is 168 Å². The molecule has 10 rings (SSSR count). The van der Waals surface area contributed by atoms with Crippen molar-refractivity contribution >= 4 is 39.0 Å². The van der Waals surface area contributed by atoms with Gasteiger partial charge in [-0.05, 0) is 65.2 Å². The summed E-state index contributed by atoms with van der Waals surface area (Å²) in [4.78, 5) is 2.32. The maximum atomic E-state index is 6.97. The molecule has 46 heavy (non-hydrogen) atoms. The molecule has 3 heteroatoms. The van der Waals surface area contributed by atoms with Crippen LogP contribution in [0.3, 0.4) is 0 Å². The third kappa shape index (κ3) is 3.26. The molecule has 1 aliphatic carbocycles. The highest BCUT2D eigenvalue weighted by Gasteiger charge is 2.51. The fourth-order valence-corrected chi connectivity index (χ4v) is 7.97. The monoisotopic (exact) mass is 589 g/mol. The van der Waals surface area contributed by atoms with Crippen LogP contribution >= 0.6 is 0 Å². The predicted molar refractivity (Wildman–Crippen MR) is 186 cm³/mol. The van der Waals surface area contributed by atoms with Gasteiger partial charge in [0.05, 0.1) is 16.5 Å². The van der Waals surface area contributed by atoms with Crippen molar-refractivity contribution in [1.82, 2.24) is 0 Å². The molecule has 3 nitrogen and oxygen atoms in total. The Bertz CT molecular complexity index is 2370. The lowest BCUT2D eigenvalue weighted by Crippen LogP contribution is -2.32. The Morgan fingerprint density at radius 3 is 1.72 bits per heavy atom. The van der Waals surface area contributed by atoms with Gasteiger partial charge in [-0.1, -0.05) is 115 Å². The smallest absolute Gasteiger partial charge is 0.143 e. The summed E-state index contributed by atoms with van der Waals surface area (Å²) in [6.07, 6.45) is 0. The lowest BCUT2D eigenvalue weighted by atomic mass is 9.66. The average molecular weight is 590 g/mol. The van der Waals surface area contributed by atoms with E-state index in [0.29, 0.717) is 0 Å². The molecule has 0 fully saturated rings. The highest BCUT2D eigenvalue weighted by molar-refractivity contribution is 6.17. The fourth-order valence-electron chi connectivity index (χ4n) is 7.97. The van der Waals surface area contributed by atoms with Gasteiger partial charge in [-0.25, -0.2) is 0 Å². The molecule has 8 aromatic rings. The molecule has 7 aromatic carbocycles. The van der Waals surface area contributed by atoms with Crippen molar-refractivity contribution in [3.63, 3.8) is 0 Å². The van der Waals surface area contributed by atoms with Crippen LogP contribution in [0.25, 0.3) is 33.1 Å². The summed E-state index contributed by atoms with van der Waals surface area (Å²) in [6, 6.07) is 57.9. The number of para-hydroxylation sites is 4. The van der Waals surface area contributed by atoms with Gasteiger partial charge in [0.25, 0.3) is 0 Å². The third-order valence-corrected chi connectivity index (χ3v) is 9.72. The number of furan rings is 1. The lowest BCUT2D eigenvalue weighted by Gasteiger charge is -2.39. The second kappa shape index (κ2) is 9.47. The topological polar surface area (TPSA) is 25.6 Å². The van der Waals surface area contributed by atoms with Gasteiger partial charge in [-0.15, -0.1) is 0 Å². The molecule has 1 aliphatic heterocycles. The van der Waals surface area contributed by atoms with E-state index in [2.05, 4.69) is 169 Å². The predicted octanol–water partition coefficient (Wildman–Crippen LogP) is 11.5. The number of hydrogen-bond acceptors (Lipinski definition) is 3. The van der Waals surface area contributed by atoms with E-state index in [1.807, 2.05) is 0 Å². The Morgan fingerprint density at radius 1 is 0.457 bits per heavy atom. The molecule has 0 bridgehead atoms. The van der Waals surface area contributed by atoms with Crippen LogP contribution in [-0.2, 0) is 5.41 Å². The summed E-state index contributed by atoms with van der Waals surface area (Å²) in [7, 11) is 0. The summed E-state index contributed by atoms with van der Waals surface area (Å²) in [6.45, 7) is 0. The number of rotatable bonds is 3. The SMILES string of the molecule is c1ccc(N(c2ccccc2)c2cccc3oc4c5c(ccc4c23)C2(c3ccccc3Oc3ccccc32)c2ccccc2-5)cc1. The minimum atomic E-state index is -0.534. The van der Waals surface area contributed by atoms with Crippen LogP contribution in [0.4, 0.5) is 17.1 Å². The first-order chi connectivity index (χ1) is 22.8. The maximum Gasteiger partial charge on any atom is 0.143 e. The number of hydrogen-bond donors (Lipinski definition) is 0. The zero-order valence-corrected chi connectivity index (χ0v) is 24.9. The first-order valence-electron chi connectivity index (χ1n) is 15.7. The van der Waals surface area contributed by atoms with E-state index in [1.54, 1.807) is 0 Å². The van der Waals surface area contributed by atoms with E-state index in [4.69, 9.17) is 9.15 Å². The van der Waals surface area contributed by atoms with Gasteiger partial charge in [-0.3, -0.25) is 0 Å². The third-order valence-electron chi connectivity index (χ3n) is 9.72. The lowest BCUT2D eigenvalue weighted by molar-refractivity contribution is 0.436. The first kappa shape index (κ1) is 25.3. The van der Waals surface area contributed by atoms with Gasteiger partial charge < -0.3 is 14.1 Å². The molecule has 0 amide bonds. The molecule has 2 heterocycles. The number of benzene rings is 7. The van der Waals surface area contributed by atoms with Gasteiger partial charge in [-0.2, -0.15) is 0 Å². The van der Waals surface area contributed by atoms with Crippen LogP contribution in [0.2, 0.25) is 0 Å². The van der Waals surface area contributed by atoms with Gasteiger partial charge >= 0.3 is 0 Å². The molecule has 2 aliphatic rings. The molecule has 0 atom stereocenters. The molecule has 216 valence electrons. The minimum Gasteiger partial charge on any atom is -0.457 e. The summed E-state index contributed by atoms with van der Waals surface area (Å²) in [5, 5.41) is 2.20. The van der Waals surface area contributed by atoms with Crippen LogP contribution in [0, 0.1) is 0 Å². The Morgan fingerprint density at radius 2 is 1.04 bits per heavy atom. The van der Waals surface area contributed by atoms with Crippen molar-refractivity contribution < 1.29 is 9.15 Å². The highest BCUT2D eigenvalue weighted by Crippen LogP contribution is 2.63. The molecule has 1 spiro atoms. The zero-order valence-electron chi connectivity index (χ0n) is 24.9. The molecule has 0 saturated carbocycles. The van der Waals surface area contributed by atoms with Crippen molar-refractivity contribution in [3.8, 4) is 22.6 Å². The molecule has 1 aromatic heterocycles. The Balaban J connectivity index is 1.31. The second-order valence-corrected chi connectivity index (χ2v) is 12.0. The average Bonchev–Trinajstić information content (AvgIpc) is 3.64. The van der Waals surface area contributed by atoms with Crippen molar-refractivity contribution in [3.05, 3.63) is 186 Å². The maximum absolute atomic E-state index is 6.97. The molecule has 0 N–H and O–H groups in total. The van der Waals surface area contributed by atoms with E-state index >= 15 is 0 Å². The zero-order chi connectivity index (χ0) is 30.2. The molecular weight excluding hydrogens is 562 g/mol. The number of fused-ring (bicyclic) bond motifs is 13. The second-order valence-electron chi connectivity index (χ2n) is 12.0. The van der Waals surface area contributed by atoms with Crippen LogP contribution in [0.1, 0.15) is 22.3 Å². The van der Waals surface area contributed by atoms with Crippen LogP contribution < -0.4 is 9.64 Å². The summed E-state index contributed by atoms with van der Waals surface area (Å²) < 4.78 is 13.5. The summed E-state index contributed by atoms with van der Waals surface area (Å²) >= 11 is 0. The minimum absolute atomic E-state index is 0.534. The van der Waals surface area contributed by atoms with Crippen molar-refractivity contribution in [2.24, 2.45) is 0 Å². The molecular formula is C43H27NO2. The number of ether oxygens (including phenoxy) is 1. The van der Waals surface area contributed by atoms with Crippen molar-refractivity contribution in [1.29, 1.82) is 0 Å². The van der Waals surface area contributed by atoms with Crippen LogP contribution in [0.5, 0.6) is 11.5 Å². The van der Waals surface area contributed by atoms with E-state index in [-0.39, 0.29) is 0 Å². The van der Waals surface area contributed by atoms with E-state index in [9.17, 15) is 0 Å². The summed E-state index contributed by atoms with van der Waals surface area (Å²) in [5.41, 5.74) is 11.6. The highest BCUT2D eigenvalue weighted by atomic mass is 16.5. The van der Waals surface area contributed by atoms with Gasteiger partial charge in [0, 0.05) is 33.5 Å². The van der Waals surface area contributed by atoms with Gasteiger partial charge in [0.1, 0.15) is 22.7 Å². The van der Waals surface area contributed by atoms with E-state index in [0.717, 1.165) is 67.2 Å². The Kier molecular flexibility index (Phi) is 5.20. The van der Waals surface area contributed by atoms with Gasteiger partial charge in [0.2, 0.25) is 0 Å². The molecule has 0 saturated heterocycles. The van der Waals surface area contributed by atoms with Gasteiger partial charge in [0.15, 0.2) is 0 Å².